The largest absolute Gasteiger partial charge is 0.325 e. The van der Waals surface area contributed by atoms with E-state index in [1.54, 1.807) is 4.57 Å². The fraction of sp³-hybridized carbons (Fsp3) is 0.333. The first-order chi connectivity index (χ1) is 15.5. The Hall–Kier alpha value is -3.13. The van der Waals surface area contributed by atoms with Crippen molar-refractivity contribution in [3.8, 4) is 0 Å². The number of nitrogens with one attached hydrogen (secondary N) is 1. The maximum atomic E-state index is 13.0. The van der Waals surface area contributed by atoms with Gasteiger partial charge in [0.1, 0.15) is 0 Å². The topological polar surface area (TPSA) is 81.3 Å². The van der Waals surface area contributed by atoms with Crippen molar-refractivity contribution < 1.29 is 4.79 Å². The van der Waals surface area contributed by atoms with Gasteiger partial charge in [0.2, 0.25) is 11.7 Å². The lowest BCUT2D eigenvalue weighted by Crippen LogP contribution is -2.24. The molecule has 1 unspecified atom stereocenters. The molecule has 1 N–H and O–H groups in total. The summed E-state index contributed by atoms with van der Waals surface area (Å²) < 4.78 is 3.57. The van der Waals surface area contributed by atoms with E-state index in [1.165, 1.54) is 17.3 Å². The average molecular weight is 450 g/mol. The molecule has 8 heteroatoms. The van der Waals surface area contributed by atoms with Crippen LogP contribution >= 0.6 is 11.8 Å². The van der Waals surface area contributed by atoms with Crippen LogP contribution < -0.4 is 10.9 Å². The van der Waals surface area contributed by atoms with Crippen LogP contribution in [0, 0.1) is 0 Å². The van der Waals surface area contributed by atoms with Gasteiger partial charge in [-0.3, -0.25) is 18.6 Å². The number of amides is 1. The van der Waals surface area contributed by atoms with Crippen LogP contribution in [0.1, 0.15) is 39.2 Å². The molecule has 2 aromatic carbocycles. The normalized spacial score (nSPS) is 12.3. The molecular formula is C24H27N5O2S. The van der Waals surface area contributed by atoms with Gasteiger partial charge in [0, 0.05) is 12.2 Å². The van der Waals surface area contributed by atoms with Crippen molar-refractivity contribution >= 4 is 40.0 Å². The zero-order valence-electron chi connectivity index (χ0n) is 18.5. The summed E-state index contributed by atoms with van der Waals surface area (Å²) in [5, 5.41) is 12.4. The predicted molar refractivity (Wildman–Crippen MR) is 129 cm³/mol. The highest BCUT2D eigenvalue weighted by molar-refractivity contribution is 8.00. The van der Waals surface area contributed by atoms with E-state index in [1.807, 2.05) is 59.9 Å². The quantitative estimate of drug-likeness (QED) is 0.400. The number of aryl methyl sites for hydroxylation is 2. The average Bonchev–Trinajstić information content (AvgIpc) is 3.23. The number of carbonyl (C=O) groups excluding carboxylic acids is 1. The summed E-state index contributed by atoms with van der Waals surface area (Å²) in [6.45, 7) is 6.61. The number of hydrogen-bond donors (Lipinski definition) is 1. The van der Waals surface area contributed by atoms with Gasteiger partial charge in [0.15, 0.2) is 5.16 Å². The highest BCUT2D eigenvalue weighted by Gasteiger charge is 2.21. The molecule has 0 spiro atoms. The third-order valence-electron chi connectivity index (χ3n) is 5.49. The second-order valence-electron chi connectivity index (χ2n) is 7.75. The van der Waals surface area contributed by atoms with Crippen LogP contribution in [0.5, 0.6) is 0 Å². The summed E-state index contributed by atoms with van der Waals surface area (Å²) in [4.78, 5) is 25.9. The van der Waals surface area contributed by atoms with Gasteiger partial charge >= 0.3 is 0 Å². The summed E-state index contributed by atoms with van der Waals surface area (Å²) in [5.74, 6) is 0.395. The van der Waals surface area contributed by atoms with Gasteiger partial charge in [-0.25, -0.2) is 0 Å². The number of benzene rings is 2. The number of rotatable bonds is 8. The van der Waals surface area contributed by atoms with Gasteiger partial charge in [-0.1, -0.05) is 56.3 Å². The van der Waals surface area contributed by atoms with Gasteiger partial charge in [-0.2, -0.15) is 0 Å². The standard InChI is InChI=1S/C24H27N5O2S/c1-4-6-15-28-22(31)19-9-7-8-10-20(19)29-23(28)26-27-24(29)32-16(3)21(30)25-18-13-11-17(5-2)12-14-18/h7-14,16H,4-6,15H2,1-3H3,(H,25,30). The van der Waals surface area contributed by atoms with Crippen LogP contribution in [0.3, 0.4) is 0 Å². The summed E-state index contributed by atoms with van der Waals surface area (Å²) in [6, 6.07) is 15.3. The van der Waals surface area contributed by atoms with Crippen LogP contribution in [0.15, 0.2) is 58.5 Å². The molecule has 7 nitrogen and oxygen atoms in total. The first kappa shape index (κ1) is 22.1. The van der Waals surface area contributed by atoms with Crippen molar-refractivity contribution in [2.75, 3.05) is 5.32 Å². The number of thioether (sulfide) groups is 1. The Morgan fingerprint density at radius 3 is 2.56 bits per heavy atom. The molecule has 32 heavy (non-hydrogen) atoms. The fourth-order valence-electron chi connectivity index (χ4n) is 3.61. The van der Waals surface area contributed by atoms with Gasteiger partial charge in [0.05, 0.1) is 16.2 Å². The third kappa shape index (κ3) is 4.27. The molecule has 0 radical (unpaired) electrons. The van der Waals surface area contributed by atoms with Crippen LogP contribution in [0.25, 0.3) is 16.7 Å². The minimum atomic E-state index is -0.400. The predicted octanol–water partition coefficient (Wildman–Crippen LogP) is 4.53. The zero-order valence-corrected chi connectivity index (χ0v) is 19.4. The molecule has 0 aliphatic rings. The van der Waals surface area contributed by atoms with E-state index in [4.69, 9.17) is 0 Å². The van der Waals surface area contributed by atoms with Crippen molar-refractivity contribution in [3.05, 3.63) is 64.4 Å². The summed E-state index contributed by atoms with van der Waals surface area (Å²) in [6.07, 6.45) is 2.80. The third-order valence-corrected chi connectivity index (χ3v) is 6.54. The molecule has 0 bridgehead atoms. The summed E-state index contributed by atoms with van der Waals surface area (Å²) in [7, 11) is 0. The second-order valence-corrected chi connectivity index (χ2v) is 9.05. The maximum Gasteiger partial charge on any atom is 0.262 e. The molecule has 166 valence electrons. The number of aromatic nitrogens is 4. The number of unbranched alkanes of at least 4 members (excludes halogenated alkanes) is 1. The van der Waals surface area contributed by atoms with Gasteiger partial charge < -0.3 is 5.32 Å². The minimum absolute atomic E-state index is 0.0631. The van der Waals surface area contributed by atoms with E-state index in [0.717, 1.165) is 30.5 Å². The van der Waals surface area contributed by atoms with Crippen LogP contribution in [-0.2, 0) is 17.8 Å². The Kier molecular flexibility index (Phi) is 6.60. The number of fused-ring (bicyclic) bond motifs is 3. The van der Waals surface area contributed by atoms with E-state index in [2.05, 4.69) is 29.4 Å². The summed E-state index contributed by atoms with van der Waals surface area (Å²) >= 11 is 1.33. The minimum Gasteiger partial charge on any atom is -0.325 e. The molecule has 0 saturated carbocycles. The van der Waals surface area contributed by atoms with E-state index in [0.29, 0.717) is 22.9 Å². The Morgan fingerprint density at radius 1 is 1.09 bits per heavy atom. The van der Waals surface area contributed by atoms with E-state index in [-0.39, 0.29) is 11.5 Å². The number of nitrogens with zero attached hydrogens (tertiary/aromatic N) is 4. The number of hydrogen-bond acceptors (Lipinski definition) is 5. The Labute approximate surface area is 190 Å². The van der Waals surface area contributed by atoms with Crippen molar-refractivity contribution in [1.82, 2.24) is 19.2 Å². The van der Waals surface area contributed by atoms with Crippen molar-refractivity contribution in [2.45, 2.75) is 57.0 Å². The molecule has 0 aliphatic carbocycles. The van der Waals surface area contributed by atoms with Crippen molar-refractivity contribution in [1.29, 1.82) is 0 Å². The molecular weight excluding hydrogens is 422 g/mol. The van der Waals surface area contributed by atoms with Crippen LogP contribution in [0.4, 0.5) is 5.69 Å². The SMILES string of the molecule is CCCCn1c(=O)c2ccccc2n2c(SC(C)C(=O)Nc3ccc(CC)cc3)nnc12. The van der Waals surface area contributed by atoms with E-state index in [9.17, 15) is 9.59 Å². The van der Waals surface area contributed by atoms with E-state index < -0.39 is 5.25 Å². The van der Waals surface area contributed by atoms with Crippen molar-refractivity contribution in [2.24, 2.45) is 0 Å². The summed E-state index contributed by atoms with van der Waals surface area (Å²) in [5.41, 5.74) is 2.67. The molecule has 4 aromatic rings. The molecule has 0 aliphatic heterocycles. The zero-order chi connectivity index (χ0) is 22.7. The molecule has 1 amide bonds. The molecule has 2 heterocycles. The van der Waals surface area contributed by atoms with Crippen LogP contribution in [0.2, 0.25) is 0 Å². The highest BCUT2D eigenvalue weighted by Crippen LogP contribution is 2.26. The molecule has 4 rings (SSSR count). The Morgan fingerprint density at radius 2 is 1.84 bits per heavy atom. The van der Waals surface area contributed by atoms with Crippen molar-refractivity contribution in [3.63, 3.8) is 0 Å². The maximum absolute atomic E-state index is 13.0. The van der Waals surface area contributed by atoms with Gasteiger partial charge in [0.25, 0.3) is 5.56 Å². The highest BCUT2D eigenvalue weighted by atomic mass is 32.2. The van der Waals surface area contributed by atoms with E-state index >= 15 is 0 Å². The molecule has 1 atom stereocenters. The number of carbonyl (C=O) groups is 1. The lowest BCUT2D eigenvalue weighted by Gasteiger charge is -2.13. The number of para-hydroxylation sites is 1. The first-order valence-electron chi connectivity index (χ1n) is 11.0. The Balaban J connectivity index is 1.66. The monoisotopic (exact) mass is 449 g/mol. The van der Waals surface area contributed by atoms with Gasteiger partial charge in [-0.15, -0.1) is 10.2 Å². The molecule has 0 fully saturated rings. The molecule has 0 saturated heterocycles. The lowest BCUT2D eigenvalue weighted by molar-refractivity contribution is -0.115. The Bertz CT molecular complexity index is 1310. The van der Waals surface area contributed by atoms with Gasteiger partial charge in [-0.05, 0) is 49.6 Å². The fourth-order valence-corrected chi connectivity index (χ4v) is 4.46. The van der Waals surface area contributed by atoms with Crippen LogP contribution in [-0.4, -0.2) is 30.3 Å². The number of anilines is 1. The smallest absolute Gasteiger partial charge is 0.262 e. The molecule has 2 aromatic heterocycles. The first-order valence-corrected chi connectivity index (χ1v) is 11.8. The lowest BCUT2D eigenvalue weighted by atomic mass is 10.1. The second kappa shape index (κ2) is 9.56.